The number of nitrogens with zero attached hydrogens (tertiary/aromatic N) is 7. The number of alkyl halides is 3. The predicted octanol–water partition coefficient (Wildman–Crippen LogP) is 5.23. The summed E-state index contributed by atoms with van der Waals surface area (Å²) in [5, 5.41) is 17.8. The van der Waals surface area contributed by atoms with Crippen LogP contribution in [0.1, 0.15) is 48.2 Å². The van der Waals surface area contributed by atoms with Crippen molar-refractivity contribution in [3.63, 3.8) is 0 Å². The molecular weight excluding hydrogens is 469 g/mol. The molecule has 0 spiro atoms. The van der Waals surface area contributed by atoms with Gasteiger partial charge >= 0.3 is 6.18 Å². The number of aromatic nitrogens is 8. The van der Waals surface area contributed by atoms with Crippen LogP contribution in [0.15, 0.2) is 48.5 Å². The Morgan fingerprint density at radius 1 is 0.972 bits per heavy atom. The van der Waals surface area contributed by atoms with E-state index in [2.05, 4.69) is 42.6 Å². The zero-order valence-electron chi connectivity index (χ0n) is 19.7. The van der Waals surface area contributed by atoms with Gasteiger partial charge in [-0.1, -0.05) is 61.9 Å². The number of tetrazole rings is 1. The summed E-state index contributed by atoms with van der Waals surface area (Å²) in [4.78, 5) is 8.49. The van der Waals surface area contributed by atoms with Crippen LogP contribution in [0.4, 0.5) is 13.2 Å². The summed E-state index contributed by atoms with van der Waals surface area (Å²) >= 11 is 0. The minimum Gasteiger partial charge on any atom is -0.239 e. The second-order valence-electron chi connectivity index (χ2n) is 8.53. The lowest BCUT2D eigenvalue weighted by atomic mass is 9.96. The van der Waals surface area contributed by atoms with Crippen LogP contribution < -0.4 is 0 Å². The monoisotopic (exact) mass is 492 g/mol. The number of H-pyrrole nitrogens is 1. The average Bonchev–Trinajstić information content (AvgIpc) is 3.56. The summed E-state index contributed by atoms with van der Waals surface area (Å²) in [7, 11) is 0. The third kappa shape index (κ3) is 4.56. The van der Waals surface area contributed by atoms with Gasteiger partial charge in [-0.25, -0.2) is 15.1 Å². The second-order valence-corrected chi connectivity index (χ2v) is 8.53. The Balaban J connectivity index is 1.53. The first kappa shape index (κ1) is 23.6. The summed E-state index contributed by atoms with van der Waals surface area (Å²) < 4.78 is 41.4. The van der Waals surface area contributed by atoms with E-state index < -0.39 is 12.0 Å². The molecule has 0 aliphatic heterocycles. The van der Waals surface area contributed by atoms with Crippen molar-refractivity contribution in [2.75, 3.05) is 0 Å². The quantitative estimate of drug-likeness (QED) is 0.334. The third-order valence-electron chi connectivity index (χ3n) is 6.02. The zero-order chi connectivity index (χ0) is 25.3. The molecule has 8 nitrogen and oxygen atoms in total. The van der Waals surface area contributed by atoms with Gasteiger partial charge < -0.3 is 0 Å². The fraction of sp³-hybridized carbons (Fsp3) is 0.280. The van der Waals surface area contributed by atoms with Crippen molar-refractivity contribution >= 4 is 5.65 Å². The van der Waals surface area contributed by atoms with Gasteiger partial charge in [0.25, 0.3) is 5.82 Å². The highest BCUT2D eigenvalue weighted by Crippen LogP contribution is 2.31. The van der Waals surface area contributed by atoms with Crippen molar-refractivity contribution < 1.29 is 13.2 Å². The smallest absolute Gasteiger partial charge is 0.239 e. The topological polar surface area (TPSA) is 97.5 Å². The number of benzene rings is 2. The molecule has 5 aromatic rings. The Kier molecular flexibility index (Phi) is 6.21. The van der Waals surface area contributed by atoms with Crippen LogP contribution in [-0.2, 0) is 19.0 Å². The van der Waals surface area contributed by atoms with Gasteiger partial charge in [-0.05, 0) is 46.9 Å². The van der Waals surface area contributed by atoms with Gasteiger partial charge in [-0.3, -0.25) is 0 Å². The van der Waals surface area contributed by atoms with Crippen molar-refractivity contribution in [1.82, 2.24) is 40.2 Å². The fourth-order valence-corrected chi connectivity index (χ4v) is 4.25. The summed E-state index contributed by atoms with van der Waals surface area (Å²) in [5.41, 5.74) is 5.34. The molecule has 0 radical (unpaired) electrons. The van der Waals surface area contributed by atoms with E-state index in [1.54, 1.807) is 6.92 Å². The number of hydrogen-bond donors (Lipinski definition) is 1. The van der Waals surface area contributed by atoms with Gasteiger partial charge in [0.2, 0.25) is 0 Å². The first-order valence-electron chi connectivity index (χ1n) is 11.6. The van der Waals surface area contributed by atoms with E-state index in [1.807, 2.05) is 48.5 Å². The molecule has 184 valence electrons. The first-order valence-corrected chi connectivity index (χ1v) is 11.6. The summed E-state index contributed by atoms with van der Waals surface area (Å²) in [6.45, 7) is 3.71. The standard InChI is InChI=1S/C25H23F3N8/c1-3-4-9-21-20(23-30-24(25(26,27)28)33-36(23)15(2)29-21)14-16-10-12-17(13-11-16)18-7-5-6-8-19(18)22-31-34-35-32-22/h5-8,10-13H,3-4,9,14H2,1-2H3,(H,31,32,34,35). The molecule has 11 heteroatoms. The van der Waals surface area contributed by atoms with Crippen LogP contribution in [0, 0.1) is 6.92 Å². The molecule has 0 saturated heterocycles. The number of halogens is 3. The molecule has 0 atom stereocenters. The highest BCUT2D eigenvalue weighted by atomic mass is 19.4. The molecule has 1 N–H and O–H groups in total. The molecule has 0 saturated carbocycles. The SMILES string of the molecule is CCCCc1nc(C)n2nc(C(F)(F)F)nc2c1Cc1ccc(-c2ccccc2-c2nnn[nH]2)cc1. The molecule has 3 heterocycles. The lowest BCUT2D eigenvalue weighted by Gasteiger charge is -2.12. The maximum absolute atomic E-state index is 13.4. The lowest BCUT2D eigenvalue weighted by molar-refractivity contribution is -0.144. The number of unbranched alkanes of at least 4 members (excludes halogenated alkanes) is 1. The van der Waals surface area contributed by atoms with Gasteiger partial charge in [-0.15, -0.1) is 10.2 Å². The maximum atomic E-state index is 13.4. The van der Waals surface area contributed by atoms with E-state index >= 15 is 0 Å². The minimum atomic E-state index is -4.63. The van der Waals surface area contributed by atoms with E-state index in [1.165, 1.54) is 4.52 Å². The normalized spacial score (nSPS) is 11.9. The molecular formula is C25H23F3N8. The van der Waals surface area contributed by atoms with Gasteiger partial charge in [0.15, 0.2) is 11.5 Å². The molecule has 0 aliphatic rings. The Labute approximate surface area is 204 Å². The van der Waals surface area contributed by atoms with Crippen LogP contribution in [0.5, 0.6) is 0 Å². The number of nitrogens with one attached hydrogen (secondary N) is 1. The number of hydrogen-bond acceptors (Lipinski definition) is 6. The lowest BCUT2D eigenvalue weighted by Crippen LogP contribution is -2.09. The molecule has 0 unspecified atom stereocenters. The Morgan fingerprint density at radius 2 is 1.72 bits per heavy atom. The van der Waals surface area contributed by atoms with Crippen molar-refractivity contribution in [2.45, 2.75) is 45.7 Å². The predicted molar refractivity (Wildman–Crippen MR) is 127 cm³/mol. The third-order valence-corrected chi connectivity index (χ3v) is 6.02. The van der Waals surface area contributed by atoms with Crippen LogP contribution in [0.3, 0.4) is 0 Å². The van der Waals surface area contributed by atoms with Crippen LogP contribution >= 0.6 is 0 Å². The van der Waals surface area contributed by atoms with E-state index in [-0.39, 0.29) is 5.65 Å². The average molecular weight is 493 g/mol. The van der Waals surface area contributed by atoms with Crippen LogP contribution in [0.2, 0.25) is 0 Å². The zero-order valence-corrected chi connectivity index (χ0v) is 19.7. The van der Waals surface area contributed by atoms with E-state index in [4.69, 9.17) is 0 Å². The van der Waals surface area contributed by atoms with E-state index in [0.717, 1.165) is 40.8 Å². The van der Waals surface area contributed by atoms with E-state index in [9.17, 15) is 13.2 Å². The number of rotatable bonds is 7. The molecule has 5 rings (SSSR count). The molecule has 0 aliphatic carbocycles. The van der Waals surface area contributed by atoms with Crippen molar-refractivity contribution in [2.24, 2.45) is 0 Å². The highest BCUT2D eigenvalue weighted by molar-refractivity contribution is 5.80. The largest absolute Gasteiger partial charge is 0.453 e. The molecule has 0 bridgehead atoms. The van der Waals surface area contributed by atoms with Crippen molar-refractivity contribution in [1.29, 1.82) is 0 Å². The molecule has 2 aromatic carbocycles. The van der Waals surface area contributed by atoms with Gasteiger partial charge in [-0.2, -0.15) is 17.7 Å². The van der Waals surface area contributed by atoms with Gasteiger partial charge in [0, 0.05) is 23.2 Å². The molecule has 3 aromatic heterocycles. The highest BCUT2D eigenvalue weighted by Gasteiger charge is 2.37. The first-order chi connectivity index (χ1) is 17.3. The van der Waals surface area contributed by atoms with Gasteiger partial charge in [0.1, 0.15) is 5.82 Å². The number of aryl methyl sites for hydroxylation is 2. The maximum Gasteiger partial charge on any atom is 0.453 e. The van der Waals surface area contributed by atoms with Crippen molar-refractivity contribution in [3.05, 3.63) is 77.0 Å². The van der Waals surface area contributed by atoms with Gasteiger partial charge in [0.05, 0.1) is 0 Å². The number of fused-ring (bicyclic) bond motifs is 1. The van der Waals surface area contributed by atoms with Crippen LogP contribution in [-0.4, -0.2) is 40.2 Å². The summed E-state index contributed by atoms with van der Waals surface area (Å²) in [5.74, 6) is -0.206. The van der Waals surface area contributed by atoms with Crippen LogP contribution in [0.25, 0.3) is 28.2 Å². The molecule has 0 amide bonds. The Bertz CT molecular complexity index is 1490. The number of aromatic amines is 1. The summed E-state index contributed by atoms with van der Waals surface area (Å²) in [6.07, 6.45) is -1.76. The minimum absolute atomic E-state index is 0.202. The summed E-state index contributed by atoms with van der Waals surface area (Å²) in [6, 6.07) is 15.7. The van der Waals surface area contributed by atoms with E-state index in [0.29, 0.717) is 30.1 Å². The molecule has 36 heavy (non-hydrogen) atoms. The second kappa shape index (κ2) is 9.48. The Hall–Kier alpha value is -4.15. The fourth-order valence-electron chi connectivity index (χ4n) is 4.25. The Morgan fingerprint density at radius 3 is 2.39 bits per heavy atom. The van der Waals surface area contributed by atoms with Crippen molar-refractivity contribution in [3.8, 4) is 22.5 Å². The molecule has 0 fully saturated rings.